The molecule has 0 aliphatic carbocycles. The fraction of sp³-hybridized carbons (Fsp3) is 0.462. The molecule has 0 bridgehead atoms. The van der Waals surface area contributed by atoms with Crippen molar-refractivity contribution in [3.05, 3.63) is 29.6 Å². The van der Waals surface area contributed by atoms with E-state index in [-0.39, 0.29) is 11.2 Å². The molecule has 3 heteroatoms. The van der Waals surface area contributed by atoms with Crippen LogP contribution in [0.1, 0.15) is 25.8 Å². The van der Waals surface area contributed by atoms with E-state index in [1.165, 1.54) is 6.07 Å². The van der Waals surface area contributed by atoms with Gasteiger partial charge in [-0.05, 0) is 44.9 Å². The van der Waals surface area contributed by atoms with Gasteiger partial charge in [0.05, 0.1) is 17.2 Å². The molecule has 0 saturated heterocycles. The van der Waals surface area contributed by atoms with Gasteiger partial charge in [0.2, 0.25) is 0 Å². The minimum Gasteiger partial charge on any atom is -0.383 e. The maximum absolute atomic E-state index is 13.3. The van der Waals surface area contributed by atoms with Gasteiger partial charge in [0, 0.05) is 6.54 Å². The van der Waals surface area contributed by atoms with Crippen molar-refractivity contribution in [2.45, 2.75) is 27.2 Å². The molecule has 1 N–H and O–H groups in total. The summed E-state index contributed by atoms with van der Waals surface area (Å²) in [4.78, 5) is 0. The van der Waals surface area contributed by atoms with Crippen LogP contribution >= 0.6 is 0 Å². The first-order valence-electron chi connectivity index (χ1n) is 5.36. The molecule has 2 nitrogen and oxygen atoms in total. The van der Waals surface area contributed by atoms with E-state index in [1.54, 1.807) is 12.1 Å². The minimum atomic E-state index is -0.368. The number of hydrogen-bond acceptors (Lipinski definition) is 2. The highest BCUT2D eigenvalue weighted by molar-refractivity contribution is 5.46. The fourth-order valence-corrected chi connectivity index (χ4v) is 1.34. The highest BCUT2D eigenvalue weighted by Gasteiger charge is 2.15. The molecule has 0 aliphatic rings. The van der Waals surface area contributed by atoms with Crippen molar-refractivity contribution in [1.82, 2.24) is 0 Å². The Labute approximate surface area is 96.1 Å². The van der Waals surface area contributed by atoms with Gasteiger partial charge in [0.15, 0.2) is 0 Å². The Hall–Kier alpha value is -1.56. The number of nitrogens with zero attached hydrogens (tertiary/aromatic N) is 1. The van der Waals surface area contributed by atoms with Crippen molar-refractivity contribution in [3.8, 4) is 6.07 Å². The van der Waals surface area contributed by atoms with E-state index in [4.69, 9.17) is 5.26 Å². The average molecular weight is 220 g/mol. The maximum atomic E-state index is 13.3. The van der Waals surface area contributed by atoms with Crippen LogP contribution in [0.4, 0.5) is 10.1 Å². The second kappa shape index (κ2) is 4.98. The molecular formula is C13H17FN2. The van der Waals surface area contributed by atoms with Gasteiger partial charge in [-0.25, -0.2) is 4.39 Å². The summed E-state index contributed by atoms with van der Waals surface area (Å²) in [5.41, 5.74) is 1.16. The number of rotatable bonds is 4. The Kier molecular flexibility index (Phi) is 3.89. The quantitative estimate of drug-likeness (QED) is 0.843. The van der Waals surface area contributed by atoms with Crippen LogP contribution in [-0.4, -0.2) is 6.54 Å². The predicted octanol–water partition coefficient (Wildman–Crippen LogP) is 3.49. The molecule has 0 amide bonds. The first kappa shape index (κ1) is 12.5. The SMILES string of the molecule is Cc1ccc(F)c(NCCC(C)(C)C#N)c1. The van der Waals surface area contributed by atoms with Crippen LogP contribution < -0.4 is 5.32 Å². The lowest BCUT2D eigenvalue weighted by Gasteiger charge is -2.16. The molecule has 0 heterocycles. The lowest BCUT2D eigenvalue weighted by molar-refractivity contribution is 0.466. The van der Waals surface area contributed by atoms with E-state index in [9.17, 15) is 4.39 Å². The summed E-state index contributed by atoms with van der Waals surface area (Å²) in [6.45, 7) is 6.27. The highest BCUT2D eigenvalue weighted by Crippen LogP contribution is 2.20. The smallest absolute Gasteiger partial charge is 0.146 e. The lowest BCUT2D eigenvalue weighted by Crippen LogP contribution is -2.15. The van der Waals surface area contributed by atoms with E-state index in [1.807, 2.05) is 20.8 Å². The molecule has 0 spiro atoms. The summed E-state index contributed by atoms with van der Waals surface area (Å²) in [6.07, 6.45) is 0.691. The highest BCUT2D eigenvalue weighted by atomic mass is 19.1. The number of nitriles is 1. The first-order valence-corrected chi connectivity index (χ1v) is 5.36. The molecule has 0 radical (unpaired) electrons. The van der Waals surface area contributed by atoms with Gasteiger partial charge in [-0.1, -0.05) is 6.07 Å². The molecule has 1 aromatic rings. The first-order chi connectivity index (χ1) is 7.44. The Morgan fingerprint density at radius 1 is 1.44 bits per heavy atom. The topological polar surface area (TPSA) is 35.8 Å². The van der Waals surface area contributed by atoms with Gasteiger partial charge in [-0.3, -0.25) is 0 Å². The van der Waals surface area contributed by atoms with Gasteiger partial charge < -0.3 is 5.32 Å². The van der Waals surface area contributed by atoms with Crippen LogP contribution in [0.25, 0.3) is 0 Å². The van der Waals surface area contributed by atoms with Crippen LogP contribution in [0.15, 0.2) is 18.2 Å². The third-order valence-electron chi connectivity index (χ3n) is 2.49. The molecule has 1 aromatic carbocycles. The summed E-state index contributed by atoms with van der Waals surface area (Å²) < 4.78 is 13.3. The maximum Gasteiger partial charge on any atom is 0.146 e. The standard InChI is InChI=1S/C13H17FN2/c1-10-4-5-11(14)12(8-10)16-7-6-13(2,3)9-15/h4-5,8,16H,6-7H2,1-3H3. The Morgan fingerprint density at radius 2 is 2.12 bits per heavy atom. The molecule has 0 fully saturated rings. The number of benzene rings is 1. The van der Waals surface area contributed by atoms with Crippen molar-refractivity contribution < 1.29 is 4.39 Å². The van der Waals surface area contributed by atoms with E-state index < -0.39 is 0 Å². The monoisotopic (exact) mass is 220 g/mol. The molecule has 1 rings (SSSR count). The second-order valence-electron chi connectivity index (χ2n) is 4.66. The summed E-state index contributed by atoms with van der Waals surface area (Å²) >= 11 is 0. The van der Waals surface area contributed by atoms with Gasteiger partial charge in [0.25, 0.3) is 0 Å². The number of halogens is 1. The summed E-state index contributed by atoms with van der Waals surface area (Å²) in [5, 5.41) is 11.9. The fourth-order valence-electron chi connectivity index (χ4n) is 1.34. The van der Waals surface area contributed by atoms with Crippen LogP contribution in [0.3, 0.4) is 0 Å². The average Bonchev–Trinajstić information content (AvgIpc) is 2.23. The Morgan fingerprint density at radius 3 is 2.75 bits per heavy atom. The molecule has 16 heavy (non-hydrogen) atoms. The summed E-state index contributed by atoms with van der Waals surface area (Å²) in [5.74, 6) is -0.250. The number of anilines is 1. The largest absolute Gasteiger partial charge is 0.383 e. The van der Waals surface area contributed by atoms with Crippen LogP contribution in [0.5, 0.6) is 0 Å². The van der Waals surface area contributed by atoms with Crippen molar-refractivity contribution in [3.63, 3.8) is 0 Å². The molecule has 0 aromatic heterocycles. The Balaban J connectivity index is 2.56. The van der Waals surface area contributed by atoms with E-state index in [2.05, 4.69) is 11.4 Å². The third-order valence-corrected chi connectivity index (χ3v) is 2.49. The predicted molar refractivity (Wildman–Crippen MR) is 63.6 cm³/mol. The van der Waals surface area contributed by atoms with Crippen molar-refractivity contribution >= 4 is 5.69 Å². The molecule has 0 aliphatic heterocycles. The van der Waals surface area contributed by atoms with Gasteiger partial charge in [0.1, 0.15) is 5.82 Å². The van der Waals surface area contributed by atoms with Gasteiger partial charge >= 0.3 is 0 Å². The summed E-state index contributed by atoms with van der Waals surface area (Å²) in [7, 11) is 0. The minimum absolute atomic E-state index is 0.250. The second-order valence-corrected chi connectivity index (χ2v) is 4.66. The zero-order valence-corrected chi connectivity index (χ0v) is 9.97. The van der Waals surface area contributed by atoms with E-state index in [0.717, 1.165) is 5.56 Å². The van der Waals surface area contributed by atoms with Crippen LogP contribution in [0, 0.1) is 29.5 Å². The lowest BCUT2D eigenvalue weighted by atomic mass is 9.91. The number of hydrogen-bond donors (Lipinski definition) is 1. The Bertz CT molecular complexity index is 405. The van der Waals surface area contributed by atoms with Crippen LogP contribution in [-0.2, 0) is 0 Å². The number of aryl methyl sites for hydroxylation is 1. The van der Waals surface area contributed by atoms with Crippen molar-refractivity contribution in [2.75, 3.05) is 11.9 Å². The molecule has 86 valence electrons. The zero-order chi connectivity index (χ0) is 12.2. The number of nitrogens with one attached hydrogen (secondary N) is 1. The van der Waals surface area contributed by atoms with E-state index >= 15 is 0 Å². The van der Waals surface area contributed by atoms with E-state index in [0.29, 0.717) is 18.7 Å². The van der Waals surface area contributed by atoms with Gasteiger partial charge in [-0.15, -0.1) is 0 Å². The van der Waals surface area contributed by atoms with Gasteiger partial charge in [-0.2, -0.15) is 5.26 Å². The molecule has 0 atom stereocenters. The normalized spacial score (nSPS) is 10.9. The summed E-state index contributed by atoms with van der Waals surface area (Å²) in [6, 6.07) is 7.18. The third kappa shape index (κ3) is 3.54. The van der Waals surface area contributed by atoms with Crippen LogP contribution in [0.2, 0.25) is 0 Å². The molecule has 0 unspecified atom stereocenters. The molecule has 0 saturated carbocycles. The van der Waals surface area contributed by atoms with Crippen molar-refractivity contribution in [2.24, 2.45) is 5.41 Å². The van der Waals surface area contributed by atoms with Crippen molar-refractivity contribution in [1.29, 1.82) is 5.26 Å². The zero-order valence-electron chi connectivity index (χ0n) is 9.97. The molecular weight excluding hydrogens is 203 g/mol.